The topological polar surface area (TPSA) is 37.4 Å². The Morgan fingerprint density at radius 2 is 1.31 bits per heavy atom. The Labute approximate surface area is 209 Å². The third-order valence-corrected chi connectivity index (χ3v) is 6.74. The molecule has 1 heterocycles. The number of benzene rings is 4. The fourth-order valence-electron chi connectivity index (χ4n) is 4.83. The zero-order chi connectivity index (χ0) is 25.1. The largest absolute Gasteiger partial charge is 0.304 e. The minimum atomic E-state index is -0.397. The molecule has 5 heteroatoms. The van der Waals surface area contributed by atoms with E-state index in [9.17, 15) is 18.4 Å². The van der Waals surface area contributed by atoms with Crippen LogP contribution < -0.4 is 4.90 Å². The third-order valence-electron chi connectivity index (χ3n) is 6.74. The lowest BCUT2D eigenvalue weighted by molar-refractivity contribution is -0.130. The van der Waals surface area contributed by atoms with Crippen LogP contribution in [0.1, 0.15) is 45.9 Å². The monoisotopic (exact) mass is 481 g/mol. The van der Waals surface area contributed by atoms with Gasteiger partial charge < -0.3 is 4.90 Å². The van der Waals surface area contributed by atoms with Crippen LogP contribution in [-0.2, 0) is 11.2 Å². The number of β-lactam (4-membered cyclic amide) rings is 1. The van der Waals surface area contributed by atoms with Gasteiger partial charge in [0.15, 0.2) is 5.78 Å². The van der Waals surface area contributed by atoms with Crippen LogP contribution in [0, 0.1) is 17.6 Å². The van der Waals surface area contributed by atoms with Gasteiger partial charge in [0.2, 0.25) is 5.91 Å². The van der Waals surface area contributed by atoms with Gasteiger partial charge in [0.25, 0.3) is 0 Å². The molecular formula is C31H25F2NO2. The second-order valence-electron chi connectivity index (χ2n) is 9.11. The Morgan fingerprint density at radius 1 is 0.722 bits per heavy atom. The van der Waals surface area contributed by atoms with Gasteiger partial charge in [-0.05, 0) is 78.1 Å². The summed E-state index contributed by atoms with van der Waals surface area (Å²) >= 11 is 0. The van der Waals surface area contributed by atoms with E-state index in [0.29, 0.717) is 17.7 Å². The molecule has 0 spiro atoms. The second-order valence-corrected chi connectivity index (χ2v) is 9.11. The summed E-state index contributed by atoms with van der Waals surface area (Å²) in [5.74, 6) is -1.35. The van der Waals surface area contributed by atoms with Crippen molar-refractivity contribution in [3.63, 3.8) is 0 Å². The van der Waals surface area contributed by atoms with Gasteiger partial charge in [0, 0.05) is 17.7 Å². The molecule has 0 aromatic heterocycles. The molecule has 2 atom stereocenters. The molecule has 4 aromatic rings. The summed E-state index contributed by atoms with van der Waals surface area (Å²) in [4.78, 5) is 27.6. The van der Waals surface area contributed by atoms with Crippen LogP contribution in [0.3, 0.4) is 0 Å². The maximum absolute atomic E-state index is 13.5. The number of rotatable bonds is 8. The molecule has 0 unspecified atom stereocenters. The number of Topliss-reactive ketones (excluding diaryl/α,β-unsaturated/α-hetero) is 1. The number of halogens is 2. The molecule has 1 saturated heterocycles. The smallest absolute Gasteiger partial charge is 0.233 e. The minimum absolute atomic E-state index is 0.0909. The highest BCUT2D eigenvalue weighted by Gasteiger charge is 2.48. The molecule has 1 amide bonds. The molecule has 1 aliphatic heterocycles. The standard InChI is InChI=1S/C31H25F2NO2/c32-25-12-10-23(11-13-25)29(35)19-18-28-30(34(31(28)36)27-16-14-26(33)15-17-27)24-8-6-22(7-9-24)20-21-4-2-1-3-5-21/h1-17,28,30H,18-20H2/t28-,30-/m1/s1. The molecule has 0 aliphatic carbocycles. The van der Waals surface area contributed by atoms with E-state index < -0.39 is 5.82 Å². The maximum atomic E-state index is 13.5. The van der Waals surface area contributed by atoms with Crippen molar-refractivity contribution in [2.45, 2.75) is 25.3 Å². The SMILES string of the molecule is O=C(CC[C@H]1C(=O)N(c2ccc(F)cc2)[C@@H]1c1ccc(Cc2ccccc2)cc1)c1ccc(F)cc1. The third kappa shape index (κ3) is 4.96. The second kappa shape index (κ2) is 10.2. The van der Waals surface area contributed by atoms with Crippen LogP contribution in [0.2, 0.25) is 0 Å². The number of anilines is 1. The van der Waals surface area contributed by atoms with Crippen LogP contribution in [0.4, 0.5) is 14.5 Å². The lowest BCUT2D eigenvalue weighted by Gasteiger charge is -2.47. The van der Waals surface area contributed by atoms with Gasteiger partial charge in [0.1, 0.15) is 11.6 Å². The Hall–Kier alpha value is -4.12. The molecule has 1 fully saturated rings. The number of carbonyl (C=O) groups excluding carboxylic acids is 2. The first-order chi connectivity index (χ1) is 17.5. The Balaban J connectivity index is 1.36. The highest BCUT2D eigenvalue weighted by molar-refractivity contribution is 6.04. The van der Waals surface area contributed by atoms with E-state index in [1.165, 1.54) is 42.0 Å². The molecule has 0 N–H and O–H groups in total. The van der Waals surface area contributed by atoms with E-state index in [2.05, 4.69) is 24.3 Å². The normalized spacial score (nSPS) is 17.1. The Morgan fingerprint density at radius 3 is 1.94 bits per heavy atom. The highest BCUT2D eigenvalue weighted by atomic mass is 19.1. The van der Waals surface area contributed by atoms with Gasteiger partial charge in [0.05, 0.1) is 12.0 Å². The average molecular weight is 482 g/mol. The molecule has 180 valence electrons. The van der Waals surface area contributed by atoms with Crippen molar-refractivity contribution < 1.29 is 18.4 Å². The molecule has 0 bridgehead atoms. The molecule has 3 nitrogen and oxygen atoms in total. The Bertz CT molecular complexity index is 1350. The van der Waals surface area contributed by atoms with Crippen molar-refractivity contribution in [3.05, 3.63) is 137 Å². The first-order valence-corrected chi connectivity index (χ1v) is 12.0. The van der Waals surface area contributed by atoms with Gasteiger partial charge in [-0.3, -0.25) is 9.59 Å². The summed E-state index contributed by atoms with van der Waals surface area (Å²) in [6.45, 7) is 0. The van der Waals surface area contributed by atoms with Crippen molar-refractivity contribution in [2.24, 2.45) is 5.92 Å². The van der Waals surface area contributed by atoms with Crippen LogP contribution in [0.25, 0.3) is 0 Å². The predicted molar refractivity (Wildman–Crippen MR) is 136 cm³/mol. The highest BCUT2D eigenvalue weighted by Crippen LogP contribution is 2.45. The minimum Gasteiger partial charge on any atom is -0.304 e. The predicted octanol–water partition coefficient (Wildman–Crippen LogP) is 6.92. The number of nitrogens with zero attached hydrogens (tertiary/aromatic N) is 1. The average Bonchev–Trinajstić information content (AvgIpc) is 2.90. The first-order valence-electron chi connectivity index (χ1n) is 12.0. The first kappa shape index (κ1) is 23.6. The van der Waals surface area contributed by atoms with E-state index in [4.69, 9.17) is 0 Å². The van der Waals surface area contributed by atoms with Gasteiger partial charge in [-0.15, -0.1) is 0 Å². The van der Waals surface area contributed by atoms with Crippen LogP contribution in [0.5, 0.6) is 0 Å². The number of hydrogen-bond acceptors (Lipinski definition) is 2. The van der Waals surface area contributed by atoms with Gasteiger partial charge in [-0.1, -0.05) is 54.6 Å². The van der Waals surface area contributed by atoms with Gasteiger partial charge in [-0.25, -0.2) is 8.78 Å². The molecule has 0 saturated carbocycles. The summed E-state index contributed by atoms with van der Waals surface area (Å²) in [7, 11) is 0. The van der Waals surface area contributed by atoms with Crippen LogP contribution in [0.15, 0.2) is 103 Å². The summed E-state index contributed by atoms with van der Waals surface area (Å²) < 4.78 is 26.7. The zero-order valence-corrected chi connectivity index (χ0v) is 19.6. The van der Waals surface area contributed by atoms with Crippen molar-refractivity contribution in [3.8, 4) is 0 Å². The summed E-state index contributed by atoms with van der Waals surface area (Å²) in [5.41, 5.74) is 4.40. The van der Waals surface area contributed by atoms with Crippen LogP contribution in [-0.4, -0.2) is 11.7 Å². The van der Waals surface area contributed by atoms with Crippen molar-refractivity contribution in [1.29, 1.82) is 0 Å². The van der Waals surface area contributed by atoms with Gasteiger partial charge >= 0.3 is 0 Å². The van der Waals surface area contributed by atoms with E-state index in [-0.39, 0.29) is 35.9 Å². The maximum Gasteiger partial charge on any atom is 0.233 e. The molecular weight excluding hydrogens is 456 g/mol. The number of ketones is 1. The van der Waals surface area contributed by atoms with Crippen molar-refractivity contribution in [2.75, 3.05) is 4.90 Å². The summed E-state index contributed by atoms with van der Waals surface area (Å²) in [5, 5.41) is 0. The molecule has 1 aliphatic rings. The zero-order valence-electron chi connectivity index (χ0n) is 19.6. The van der Waals surface area contributed by atoms with Crippen LogP contribution >= 0.6 is 0 Å². The lowest BCUT2D eigenvalue weighted by atomic mass is 9.78. The molecule has 36 heavy (non-hydrogen) atoms. The van der Waals surface area contributed by atoms with Gasteiger partial charge in [-0.2, -0.15) is 0 Å². The van der Waals surface area contributed by atoms with Crippen molar-refractivity contribution >= 4 is 17.4 Å². The fraction of sp³-hybridized carbons (Fsp3) is 0.161. The van der Waals surface area contributed by atoms with E-state index in [0.717, 1.165) is 17.5 Å². The van der Waals surface area contributed by atoms with E-state index in [1.54, 1.807) is 17.0 Å². The molecule has 4 aromatic carbocycles. The molecule has 5 rings (SSSR count). The quantitative estimate of drug-likeness (QED) is 0.202. The van der Waals surface area contributed by atoms with E-state index >= 15 is 0 Å². The summed E-state index contributed by atoms with van der Waals surface area (Å²) in [6, 6.07) is 29.5. The fourth-order valence-corrected chi connectivity index (χ4v) is 4.83. The van der Waals surface area contributed by atoms with Crippen molar-refractivity contribution in [1.82, 2.24) is 0 Å². The number of amides is 1. The van der Waals surface area contributed by atoms with E-state index in [1.807, 2.05) is 30.3 Å². The summed E-state index contributed by atoms with van der Waals surface area (Å²) in [6.07, 6.45) is 1.37. The number of carbonyl (C=O) groups is 2. The lowest BCUT2D eigenvalue weighted by Crippen LogP contribution is -2.55. The number of hydrogen-bond donors (Lipinski definition) is 0. The molecule has 0 radical (unpaired) electrons. The Kier molecular flexibility index (Phi) is 6.72.